The van der Waals surface area contributed by atoms with Gasteiger partial charge in [0.2, 0.25) is 0 Å². The summed E-state index contributed by atoms with van der Waals surface area (Å²) in [4.78, 5) is 0. The van der Waals surface area contributed by atoms with Crippen LogP contribution in [-0.2, 0) is 0 Å². The van der Waals surface area contributed by atoms with Gasteiger partial charge in [0, 0.05) is 6.04 Å². The molecule has 0 saturated carbocycles. The summed E-state index contributed by atoms with van der Waals surface area (Å²) in [6.45, 7) is 1.83. The van der Waals surface area contributed by atoms with Crippen molar-refractivity contribution in [1.82, 2.24) is 15.0 Å². The quantitative estimate of drug-likeness (QED) is 0.920. The molecular formula is C10H10BrFN4. The standard InChI is InChI=1S/C10H10BrFN4/c1-6(13)10-5-16(15-14-10)7-2-3-9(12)8(11)4-7/h2-6H,13H2,1H3. The summed E-state index contributed by atoms with van der Waals surface area (Å²) in [6.07, 6.45) is 1.73. The molecule has 1 aromatic heterocycles. The van der Waals surface area contributed by atoms with Crippen LogP contribution < -0.4 is 5.73 Å². The van der Waals surface area contributed by atoms with E-state index in [2.05, 4.69) is 26.2 Å². The lowest BCUT2D eigenvalue weighted by Crippen LogP contribution is -2.04. The Labute approximate surface area is 100 Å². The second-order valence-electron chi connectivity index (χ2n) is 3.48. The smallest absolute Gasteiger partial charge is 0.137 e. The molecule has 1 atom stereocenters. The Morgan fingerprint density at radius 1 is 1.50 bits per heavy atom. The second-order valence-corrected chi connectivity index (χ2v) is 4.33. The minimum absolute atomic E-state index is 0.169. The Morgan fingerprint density at radius 3 is 2.81 bits per heavy atom. The summed E-state index contributed by atoms with van der Waals surface area (Å²) in [5.74, 6) is -0.309. The fourth-order valence-corrected chi connectivity index (χ4v) is 1.61. The van der Waals surface area contributed by atoms with Gasteiger partial charge in [0.15, 0.2) is 0 Å². The van der Waals surface area contributed by atoms with Crippen LogP contribution in [0.4, 0.5) is 4.39 Å². The first-order valence-electron chi connectivity index (χ1n) is 4.71. The molecular weight excluding hydrogens is 275 g/mol. The third kappa shape index (κ3) is 2.12. The highest BCUT2D eigenvalue weighted by atomic mass is 79.9. The minimum atomic E-state index is -0.309. The zero-order valence-corrected chi connectivity index (χ0v) is 10.1. The van der Waals surface area contributed by atoms with E-state index in [4.69, 9.17) is 5.73 Å². The van der Waals surface area contributed by atoms with Crippen molar-refractivity contribution in [2.24, 2.45) is 5.73 Å². The first-order chi connectivity index (χ1) is 7.58. The average Bonchev–Trinajstić information content (AvgIpc) is 2.71. The molecule has 1 aromatic carbocycles. The predicted molar refractivity (Wildman–Crippen MR) is 61.6 cm³/mol. The largest absolute Gasteiger partial charge is 0.323 e. The molecule has 2 aromatic rings. The normalized spacial score (nSPS) is 12.8. The average molecular weight is 285 g/mol. The fourth-order valence-electron chi connectivity index (χ4n) is 1.24. The van der Waals surface area contributed by atoms with E-state index in [0.29, 0.717) is 10.2 Å². The van der Waals surface area contributed by atoms with Crippen LogP contribution in [0.3, 0.4) is 0 Å². The molecule has 0 aliphatic rings. The molecule has 0 amide bonds. The summed E-state index contributed by atoms with van der Waals surface area (Å²) in [6, 6.07) is 4.46. The minimum Gasteiger partial charge on any atom is -0.323 e. The number of rotatable bonds is 2. The number of nitrogens with two attached hydrogens (primary N) is 1. The molecule has 2 N–H and O–H groups in total. The molecule has 6 heteroatoms. The lowest BCUT2D eigenvalue weighted by molar-refractivity contribution is 0.620. The molecule has 4 nitrogen and oxygen atoms in total. The zero-order chi connectivity index (χ0) is 11.7. The predicted octanol–water partition coefficient (Wildman–Crippen LogP) is 2.19. The van der Waals surface area contributed by atoms with Gasteiger partial charge in [-0.1, -0.05) is 5.21 Å². The molecule has 1 unspecified atom stereocenters. The summed E-state index contributed by atoms with van der Waals surface area (Å²) < 4.78 is 15.0. The molecule has 0 aliphatic heterocycles. The van der Waals surface area contributed by atoms with Gasteiger partial charge in [-0.15, -0.1) is 5.10 Å². The van der Waals surface area contributed by atoms with Crippen LogP contribution >= 0.6 is 15.9 Å². The number of hydrogen-bond acceptors (Lipinski definition) is 3. The van der Waals surface area contributed by atoms with E-state index in [9.17, 15) is 4.39 Å². The molecule has 0 saturated heterocycles. The van der Waals surface area contributed by atoms with E-state index in [1.54, 1.807) is 23.0 Å². The Balaban J connectivity index is 2.39. The molecule has 2 rings (SSSR count). The Morgan fingerprint density at radius 2 is 2.25 bits per heavy atom. The maximum Gasteiger partial charge on any atom is 0.137 e. The van der Waals surface area contributed by atoms with Crippen molar-refractivity contribution in [3.63, 3.8) is 0 Å². The number of halogens is 2. The Hall–Kier alpha value is -1.27. The van der Waals surface area contributed by atoms with Gasteiger partial charge < -0.3 is 5.73 Å². The highest BCUT2D eigenvalue weighted by Gasteiger charge is 2.07. The molecule has 16 heavy (non-hydrogen) atoms. The van der Waals surface area contributed by atoms with Crippen molar-refractivity contribution in [3.05, 3.63) is 40.4 Å². The van der Waals surface area contributed by atoms with E-state index in [0.717, 1.165) is 5.69 Å². The van der Waals surface area contributed by atoms with Crippen molar-refractivity contribution in [2.75, 3.05) is 0 Å². The van der Waals surface area contributed by atoms with Crippen LogP contribution in [0.15, 0.2) is 28.9 Å². The third-order valence-corrected chi connectivity index (χ3v) is 2.75. The summed E-state index contributed by atoms with van der Waals surface area (Å²) >= 11 is 3.12. The first-order valence-corrected chi connectivity index (χ1v) is 5.50. The number of benzene rings is 1. The van der Waals surface area contributed by atoms with E-state index < -0.39 is 0 Å². The van der Waals surface area contributed by atoms with Gasteiger partial charge >= 0.3 is 0 Å². The molecule has 0 aliphatic carbocycles. The van der Waals surface area contributed by atoms with Crippen LogP contribution in [0.1, 0.15) is 18.7 Å². The van der Waals surface area contributed by atoms with Crippen molar-refractivity contribution in [3.8, 4) is 5.69 Å². The monoisotopic (exact) mass is 284 g/mol. The number of nitrogens with zero attached hydrogens (tertiary/aromatic N) is 3. The van der Waals surface area contributed by atoms with E-state index in [1.807, 2.05) is 6.92 Å². The van der Waals surface area contributed by atoms with Gasteiger partial charge in [-0.05, 0) is 41.1 Å². The van der Waals surface area contributed by atoms with Crippen LogP contribution in [0, 0.1) is 5.82 Å². The molecule has 0 spiro atoms. The van der Waals surface area contributed by atoms with Crippen molar-refractivity contribution in [1.29, 1.82) is 0 Å². The topological polar surface area (TPSA) is 56.7 Å². The fraction of sp³-hybridized carbons (Fsp3) is 0.200. The molecule has 1 heterocycles. The lowest BCUT2D eigenvalue weighted by Gasteiger charge is -2.01. The van der Waals surface area contributed by atoms with Crippen molar-refractivity contribution in [2.45, 2.75) is 13.0 Å². The van der Waals surface area contributed by atoms with E-state index in [1.165, 1.54) is 6.07 Å². The zero-order valence-electron chi connectivity index (χ0n) is 8.56. The van der Waals surface area contributed by atoms with Gasteiger partial charge in [0.05, 0.1) is 22.1 Å². The first kappa shape index (κ1) is 11.2. The van der Waals surface area contributed by atoms with Crippen molar-refractivity contribution >= 4 is 15.9 Å². The Kier molecular flexibility index (Phi) is 3.02. The van der Waals surface area contributed by atoms with Gasteiger partial charge in [-0.2, -0.15) is 0 Å². The second kappa shape index (κ2) is 4.31. The highest BCUT2D eigenvalue weighted by Crippen LogP contribution is 2.19. The van der Waals surface area contributed by atoms with Crippen LogP contribution in [0.2, 0.25) is 0 Å². The van der Waals surface area contributed by atoms with Gasteiger partial charge in [0.25, 0.3) is 0 Å². The lowest BCUT2D eigenvalue weighted by atomic mass is 10.3. The molecule has 0 radical (unpaired) electrons. The Bertz CT molecular complexity index is 509. The van der Waals surface area contributed by atoms with Gasteiger partial charge in [-0.25, -0.2) is 9.07 Å². The maximum absolute atomic E-state index is 13.0. The maximum atomic E-state index is 13.0. The summed E-state index contributed by atoms with van der Waals surface area (Å²) in [5.41, 5.74) is 7.10. The number of hydrogen-bond donors (Lipinski definition) is 1. The number of aromatic nitrogens is 3. The van der Waals surface area contributed by atoms with Gasteiger partial charge in [0.1, 0.15) is 5.82 Å². The van der Waals surface area contributed by atoms with E-state index >= 15 is 0 Å². The molecule has 0 fully saturated rings. The third-order valence-electron chi connectivity index (χ3n) is 2.15. The van der Waals surface area contributed by atoms with E-state index in [-0.39, 0.29) is 11.9 Å². The molecule has 0 bridgehead atoms. The SMILES string of the molecule is CC(N)c1cn(-c2ccc(F)c(Br)c2)nn1. The van der Waals surface area contributed by atoms with Crippen LogP contribution in [0.5, 0.6) is 0 Å². The molecule has 84 valence electrons. The van der Waals surface area contributed by atoms with Crippen LogP contribution in [-0.4, -0.2) is 15.0 Å². The van der Waals surface area contributed by atoms with Crippen molar-refractivity contribution < 1.29 is 4.39 Å². The summed E-state index contributed by atoms with van der Waals surface area (Å²) in [5, 5.41) is 7.84. The van der Waals surface area contributed by atoms with Gasteiger partial charge in [-0.3, -0.25) is 0 Å². The summed E-state index contributed by atoms with van der Waals surface area (Å²) in [7, 11) is 0. The highest BCUT2D eigenvalue weighted by molar-refractivity contribution is 9.10. The van der Waals surface area contributed by atoms with Crippen LogP contribution in [0.25, 0.3) is 5.69 Å².